The van der Waals surface area contributed by atoms with Crippen LogP contribution in [0.2, 0.25) is 10.0 Å². The first-order chi connectivity index (χ1) is 10.0. The molecule has 6 heteroatoms. The fraction of sp³-hybridized carbons (Fsp3) is 0.0667. The second-order valence-electron chi connectivity index (χ2n) is 4.20. The molecule has 0 fully saturated rings. The lowest BCUT2D eigenvalue weighted by molar-refractivity contribution is 0.0474. The van der Waals surface area contributed by atoms with Crippen molar-refractivity contribution < 1.29 is 9.53 Å². The molecule has 106 valence electrons. The number of nitrogens with zero attached hydrogens (tertiary/aromatic N) is 1. The molecule has 0 atom stereocenters. The molecule has 0 amide bonds. The lowest BCUT2D eigenvalue weighted by atomic mass is 10.1. The second-order valence-corrected chi connectivity index (χ2v) is 5.01. The third-order valence-corrected chi connectivity index (χ3v) is 3.50. The Balaban J connectivity index is 2.11. The highest BCUT2D eigenvalue weighted by molar-refractivity contribution is 6.33. The first-order valence-electron chi connectivity index (χ1n) is 5.92. The summed E-state index contributed by atoms with van der Waals surface area (Å²) in [4.78, 5) is 12.0. The highest BCUT2D eigenvalue weighted by Crippen LogP contribution is 2.24. The van der Waals surface area contributed by atoms with Crippen LogP contribution < -0.4 is 5.73 Å². The highest BCUT2D eigenvalue weighted by atomic mass is 35.5. The Bertz CT molecular complexity index is 739. The molecule has 4 nitrogen and oxygen atoms in total. The van der Waals surface area contributed by atoms with Crippen LogP contribution in [0.25, 0.3) is 0 Å². The lowest BCUT2D eigenvalue weighted by Gasteiger charge is -2.09. The van der Waals surface area contributed by atoms with E-state index in [0.717, 1.165) is 0 Å². The van der Waals surface area contributed by atoms with E-state index >= 15 is 0 Å². The minimum Gasteiger partial charge on any atom is -0.457 e. The van der Waals surface area contributed by atoms with Crippen LogP contribution in [-0.2, 0) is 11.3 Å². The predicted molar refractivity (Wildman–Crippen MR) is 81.2 cm³/mol. The minimum absolute atomic E-state index is 0.0185. The number of benzene rings is 2. The van der Waals surface area contributed by atoms with Gasteiger partial charge in [0.05, 0.1) is 27.9 Å². The van der Waals surface area contributed by atoms with Crippen molar-refractivity contribution in [1.82, 2.24) is 0 Å². The van der Waals surface area contributed by atoms with Gasteiger partial charge < -0.3 is 10.5 Å². The molecule has 0 aliphatic heterocycles. The van der Waals surface area contributed by atoms with Crippen molar-refractivity contribution in [2.75, 3.05) is 5.73 Å². The van der Waals surface area contributed by atoms with E-state index in [9.17, 15) is 4.79 Å². The number of ether oxygens (including phenoxy) is 1. The van der Waals surface area contributed by atoms with E-state index in [0.29, 0.717) is 21.2 Å². The van der Waals surface area contributed by atoms with Crippen molar-refractivity contribution in [3.63, 3.8) is 0 Å². The monoisotopic (exact) mass is 320 g/mol. The molecule has 0 radical (unpaired) electrons. The van der Waals surface area contributed by atoms with E-state index in [1.54, 1.807) is 24.3 Å². The molecular weight excluding hydrogens is 311 g/mol. The van der Waals surface area contributed by atoms with E-state index in [1.165, 1.54) is 12.1 Å². The van der Waals surface area contributed by atoms with E-state index in [4.69, 9.17) is 38.9 Å². The number of halogens is 2. The second kappa shape index (κ2) is 6.49. The van der Waals surface area contributed by atoms with E-state index in [2.05, 4.69) is 0 Å². The number of esters is 1. The number of carbonyl (C=O) groups is 1. The quantitative estimate of drug-likeness (QED) is 0.689. The highest BCUT2D eigenvalue weighted by Gasteiger charge is 2.14. The molecule has 0 aliphatic carbocycles. The normalized spacial score (nSPS) is 9.95. The maximum absolute atomic E-state index is 12.0. The summed E-state index contributed by atoms with van der Waals surface area (Å²) in [5.41, 5.74) is 7.14. The van der Waals surface area contributed by atoms with Crippen LogP contribution in [0.5, 0.6) is 0 Å². The Hall–Kier alpha value is -2.22. The molecule has 0 heterocycles. The first kappa shape index (κ1) is 15.2. The van der Waals surface area contributed by atoms with Gasteiger partial charge in [0.15, 0.2) is 0 Å². The number of nitriles is 1. The molecule has 0 saturated heterocycles. The predicted octanol–water partition coefficient (Wildman–Crippen LogP) is 3.80. The first-order valence-corrected chi connectivity index (χ1v) is 6.68. The molecule has 0 aromatic heterocycles. The Morgan fingerprint density at radius 2 is 2.00 bits per heavy atom. The Kier molecular flexibility index (Phi) is 4.69. The van der Waals surface area contributed by atoms with Crippen molar-refractivity contribution in [3.8, 4) is 6.07 Å². The number of carbonyl (C=O) groups excluding carboxylic acids is 1. The zero-order valence-electron chi connectivity index (χ0n) is 10.8. The summed E-state index contributed by atoms with van der Waals surface area (Å²) in [5, 5.41) is 9.41. The van der Waals surface area contributed by atoms with Gasteiger partial charge in [0.25, 0.3) is 0 Å². The summed E-state index contributed by atoms with van der Waals surface area (Å²) in [6.45, 7) is -0.0185. The minimum atomic E-state index is -0.588. The lowest BCUT2D eigenvalue weighted by Crippen LogP contribution is -2.08. The number of para-hydroxylation sites is 1. The van der Waals surface area contributed by atoms with Gasteiger partial charge in [0, 0.05) is 10.6 Å². The van der Waals surface area contributed by atoms with Crippen molar-refractivity contribution in [3.05, 3.63) is 63.1 Å². The maximum Gasteiger partial charge on any atom is 0.340 e. The van der Waals surface area contributed by atoms with Gasteiger partial charge in [-0.1, -0.05) is 35.3 Å². The van der Waals surface area contributed by atoms with E-state index in [1.807, 2.05) is 6.07 Å². The fourth-order valence-electron chi connectivity index (χ4n) is 1.67. The SMILES string of the molecule is N#Cc1ccc(COC(=O)c2cccc(Cl)c2N)c(Cl)c1. The third-order valence-electron chi connectivity index (χ3n) is 2.81. The van der Waals surface area contributed by atoms with Gasteiger partial charge in [-0.3, -0.25) is 0 Å². The van der Waals surface area contributed by atoms with Crippen LogP contribution in [0.1, 0.15) is 21.5 Å². The Morgan fingerprint density at radius 3 is 2.67 bits per heavy atom. The van der Waals surface area contributed by atoms with Crippen LogP contribution >= 0.6 is 23.2 Å². The van der Waals surface area contributed by atoms with Crippen LogP contribution in [0.3, 0.4) is 0 Å². The number of nitrogens with two attached hydrogens (primary N) is 1. The molecule has 0 unspecified atom stereocenters. The summed E-state index contributed by atoms with van der Waals surface area (Å²) in [6, 6.07) is 11.5. The van der Waals surface area contributed by atoms with Gasteiger partial charge in [-0.25, -0.2) is 4.79 Å². The summed E-state index contributed by atoms with van der Waals surface area (Å²) >= 11 is 11.9. The summed E-state index contributed by atoms with van der Waals surface area (Å²) < 4.78 is 5.16. The molecule has 2 rings (SSSR count). The van der Waals surface area contributed by atoms with E-state index in [-0.39, 0.29) is 17.9 Å². The molecule has 0 bridgehead atoms. The topological polar surface area (TPSA) is 76.1 Å². The van der Waals surface area contributed by atoms with Crippen molar-refractivity contribution in [2.24, 2.45) is 0 Å². The molecule has 0 saturated carbocycles. The maximum atomic E-state index is 12.0. The van der Waals surface area contributed by atoms with Gasteiger partial charge in [-0.2, -0.15) is 5.26 Å². The zero-order chi connectivity index (χ0) is 15.4. The van der Waals surface area contributed by atoms with Crippen LogP contribution in [0.4, 0.5) is 5.69 Å². The van der Waals surface area contributed by atoms with Crippen LogP contribution in [0, 0.1) is 11.3 Å². The van der Waals surface area contributed by atoms with Gasteiger partial charge >= 0.3 is 5.97 Å². The van der Waals surface area contributed by atoms with Crippen LogP contribution in [-0.4, -0.2) is 5.97 Å². The molecule has 0 aliphatic rings. The number of nitrogen functional groups attached to an aromatic ring is 1. The number of hydrogen-bond donors (Lipinski definition) is 1. The van der Waals surface area contributed by atoms with E-state index < -0.39 is 5.97 Å². The van der Waals surface area contributed by atoms with Crippen molar-refractivity contribution in [2.45, 2.75) is 6.61 Å². The average molecular weight is 321 g/mol. The molecular formula is C15H10Cl2N2O2. The van der Waals surface area contributed by atoms with Gasteiger partial charge in [0.1, 0.15) is 6.61 Å². The Morgan fingerprint density at radius 1 is 1.24 bits per heavy atom. The number of anilines is 1. The summed E-state index contributed by atoms with van der Waals surface area (Å²) in [6.07, 6.45) is 0. The zero-order valence-corrected chi connectivity index (χ0v) is 12.3. The van der Waals surface area contributed by atoms with Gasteiger partial charge in [0.2, 0.25) is 0 Å². The fourth-order valence-corrected chi connectivity index (χ4v) is 2.08. The standard InChI is InChI=1S/C15H10Cl2N2O2/c16-12-3-1-2-11(14(12)19)15(20)21-8-10-5-4-9(7-18)6-13(10)17/h1-6H,8,19H2. The van der Waals surface area contributed by atoms with Gasteiger partial charge in [-0.05, 0) is 24.3 Å². The largest absolute Gasteiger partial charge is 0.457 e. The average Bonchev–Trinajstić information content (AvgIpc) is 2.48. The number of rotatable bonds is 3. The van der Waals surface area contributed by atoms with Crippen LogP contribution in [0.15, 0.2) is 36.4 Å². The third kappa shape index (κ3) is 3.46. The Labute approximate surface area is 131 Å². The summed E-state index contributed by atoms with van der Waals surface area (Å²) in [7, 11) is 0. The van der Waals surface area contributed by atoms with Crippen molar-refractivity contribution >= 4 is 34.9 Å². The molecule has 0 spiro atoms. The smallest absolute Gasteiger partial charge is 0.340 e. The van der Waals surface area contributed by atoms with Gasteiger partial charge in [-0.15, -0.1) is 0 Å². The molecule has 2 N–H and O–H groups in total. The summed E-state index contributed by atoms with van der Waals surface area (Å²) in [5.74, 6) is -0.588. The molecule has 21 heavy (non-hydrogen) atoms. The molecule has 2 aromatic carbocycles. The molecule has 2 aromatic rings. The van der Waals surface area contributed by atoms with Crippen molar-refractivity contribution in [1.29, 1.82) is 5.26 Å². The number of hydrogen-bond acceptors (Lipinski definition) is 4.